The first-order chi connectivity index (χ1) is 25.8. The number of rotatable bonds is 37. The minimum atomic E-state index is -4.40. The van der Waals surface area contributed by atoms with Crippen LogP contribution < -0.4 is 5.73 Å². The molecule has 10 heteroatoms. The predicted octanol–water partition coefficient (Wildman–Crippen LogP) is 11.5. The van der Waals surface area contributed by atoms with E-state index in [-0.39, 0.29) is 32.6 Å². The molecule has 0 radical (unpaired) electrons. The summed E-state index contributed by atoms with van der Waals surface area (Å²) in [4.78, 5) is 34.7. The van der Waals surface area contributed by atoms with E-state index in [1.165, 1.54) is 64.2 Å². The van der Waals surface area contributed by atoms with Gasteiger partial charge in [0.1, 0.15) is 6.61 Å². The maximum Gasteiger partial charge on any atom is 0.472 e. The Bertz CT molecular complexity index is 1100. The molecule has 9 nitrogen and oxygen atoms in total. The molecule has 0 aromatic carbocycles. The van der Waals surface area contributed by atoms with E-state index in [0.717, 1.165) is 57.8 Å². The lowest BCUT2D eigenvalue weighted by molar-refractivity contribution is -0.161. The van der Waals surface area contributed by atoms with Crippen molar-refractivity contribution in [3.05, 3.63) is 72.9 Å². The number of allylic oxidation sites excluding steroid dienone is 12. The lowest BCUT2D eigenvalue weighted by atomic mass is 10.0. The Kier molecular flexibility index (Phi) is 37.3. The number of unbranched alkanes of at least 4 members (excludes halogenated alkanes) is 12. The molecule has 0 saturated heterocycles. The van der Waals surface area contributed by atoms with Gasteiger partial charge in [0.25, 0.3) is 0 Å². The predicted molar refractivity (Wildman–Crippen MR) is 219 cm³/mol. The van der Waals surface area contributed by atoms with E-state index < -0.39 is 32.5 Å². The molecule has 0 aliphatic rings. The summed E-state index contributed by atoms with van der Waals surface area (Å²) in [5.41, 5.74) is 5.33. The molecule has 0 aromatic rings. The molecular formula is C43H74NO8P. The monoisotopic (exact) mass is 764 g/mol. The number of carbonyl (C=O) groups excluding carboxylic acids is 2. The molecule has 0 fully saturated rings. The number of hydrogen-bond acceptors (Lipinski definition) is 8. The summed E-state index contributed by atoms with van der Waals surface area (Å²) in [5, 5.41) is 0. The van der Waals surface area contributed by atoms with Gasteiger partial charge in [0.2, 0.25) is 0 Å². The third-order valence-corrected chi connectivity index (χ3v) is 9.10. The third-order valence-electron chi connectivity index (χ3n) is 8.12. The van der Waals surface area contributed by atoms with Crippen LogP contribution in [0.5, 0.6) is 0 Å². The fourth-order valence-electron chi connectivity index (χ4n) is 5.13. The van der Waals surface area contributed by atoms with Gasteiger partial charge >= 0.3 is 19.8 Å². The van der Waals surface area contributed by atoms with Crippen LogP contribution in [-0.4, -0.2) is 49.3 Å². The van der Waals surface area contributed by atoms with Gasteiger partial charge < -0.3 is 20.1 Å². The molecular weight excluding hydrogens is 689 g/mol. The van der Waals surface area contributed by atoms with E-state index in [0.29, 0.717) is 6.42 Å². The number of phosphoric acid groups is 1. The Morgan fingerprint density at radius 1 is 0.585 bits per heavy atom. The van der Waals surface area contributed by atoms with Gasteiger partial charge in [-0.2, -0.15) is 0 Å². The second-order valence-corrected chi connectivity index (χ2v) is 14.6. The molecule has 0 bridgehead atoms. The Morgan fingerprint density at radius 3 is 1.51 bits per heavy atom. The SMILES string of the molecule is CC/C=C/C/C=C\C/C=C\C/C=C\C/C=C\C/C=C\CCC(=O)OC(COC(=O)CCCCCCCCCCCCCCC)COP(=O)(O)OCCN. The standard InChI is InChI=1S/C43H74NO8P/c1-3-5-7-9-11-13-15-17-18-19-20-21-22-24-26-28-30-32-34-36-43(46)52-41(40-51-53(47,48)50-38-37-44)39-49-42(45)35-33-31-29-27-25-23-16-14-12-10-8-6-4-2/h5,7,11,13,17-18,20-21,24,26,30,32,41H,3-4,6,8-10,12,14-16,19,22-23,25,27-29,31,33-40,44H2,1-2H3,(H,47,48)/b7-5+,13-11-,18-17-,21-20-,26-24-,32-30-. The summed E-state index contributed by atoms with van der Waals surface area (Å²) in [6.45, 7) is 3.51. The van der Waals surface area contributed by atoms with Gasteiger partial charge in [-0.05, 0) is 51.4 Å². The quantitative estimate of drug-likeness (QED) is 0.0274. The average molecular weight is 764 g/mol. The van der Waals surface area contributed by atoms with Crippen molar-refractivity contribution in [3.8, 4) is 0 Å². The number of phosphoric ester groups is 1. The van der Waals surface area contributed by atoms with E-state index in [2.05, 4.69) is 74.6 Å². The largest absolute Gasteiger partial charge is 0.472 e. The van der Waals surface area contributed by atoms with Crippen LogP contribution in [-0.2, 0) is 32.7 Å². The molecule has 0 spiro atoms. The van der Waals surface area contributed by atoms with Gasteiger partial charge in [-0.1, -0.05) is 164 Å². The highest BCUT2D eigenvalue weighted by atomic mass is 31.2. The van der Waals surface area contributed by atoms with Crippen molar-refractivity contribution < 1.29 is 37.6 Å². The van der Waals surface area contributed by atoms with Gasteiger partial charge in [-0.15, -0.1) is 0 Å². The first-order valence-corrected chi connectivity index (χ1v) is 21.9. The van der Waals surface area contributed by atoms with Crippen molar-refractivity contribution in [2.45, 2.75) is 161 Å². The zero-order chi connectivity index (χ0) is 38.9. The molecule has 0 amide bonds. The van der Waals surface area contributed by atoms with E-state index in [1.54, 1.807) is 0 Å². The molecule has 3 N–H and O–H groups in total. The summed E-state index contributed by atoms with van der Waals surface area (Å²) in [5.74, 6) is -0.931. The number of esters is 2. The van der Waals surface area contributed by atoms with Crippen LogP contribution in [0.3, 0.4) is 0 Å². The molecule has 0 aromatic heterocycles. The molecule has 0 aliphatic heterocycles. The molecule has 0 aliphatic carbocycles. The van der Waals surface area contributed by atoms with Gasteiger partial charge in [-0.3, -0.25) is 18.6 Å². The van der Waals surface area contributed by atoms with Crippen LogP contribution in [0.4, 0.5) is 0 Å². The van der Waals surface area contributed by atoms with Crippen molar-refractivity contribution in [1.82, 2.24) is 0 Å². The first kappa shape index (κ1) is 50.5. The normalized spacial score (nSPS) is 14.1. The Morgan fingerprint density at radius 2 is 1.04 bits per heavy atom. The second kappa shape index (κ2) is 39.2. The molecule has 2 atom stereocenters. The molecule has 53 heavy (non-hydrogen) atoms. The Hall–Kier alpha value is -2.55. The second-order valence-electron chi connectivity index (χ2n) is 13.1. The van der Waals surface area contributed by atoms with Crippen LogP contribution in [0.1, 0.15) is 155 Å². The van der Waals surface area contributed by atoms with Crippen LogP contribution in [0.2, 0.25) is 0 Å². The molecule has 0 saturated carbocycles. The van der Waals surface area contributed by atoms with E-state index in [4.69, 9.17) is 24.3 Å². The zero-order valence-corrected chi connectivity index (χ0v) is 34.1. The summed E-state index contributed by atoms with van der Waals surface area (Å²) in [6.07, 6.45) is 46.6. The highest BCUT2D eigenvalue weighted by Gasteiger charge is 2.25. The Balaban J connectivity index is 4.33. The van der Waals surface area contributed by atoms with E-state index in [9.17, 15) is 19.0 Å². The molecule has 2 unspecified atom stereocenters. The van der Waals surface area contributed by atoms with Crippen molar-refractivity contribution in [2.75, 3.05) is 26.4 Å². The van der Waals surface area contributed by atoms with Crippen molar-refractivity contribution in [1.29, 1.82) is 0 Å². The van der Waals surface area contributed by atoms with Gasteiger partial charge in [0.15, 0.2) is 6.10 Å². The van der Waals surface area contributed by atoms with Gasteiger partial charge in [0.05, 0.1) is 13.2 Å². The molecule has 0 heterocycles. The van der Waals surface area contributed by atoms with Gasteiger partial charge in [-0.25, -0.2) is 4.57 Å². The molecule has 0 rings (SSSR count). The van der Waals surface area contributed by atoms with Crippen molar-refractivity contribution >= 4 is 19.8 Å². The minimum Gasteiger partial charge on any atom is -0.462 e. The number of nitrogens with two attached hydrogens (primary N) is 1. The zero-order valence-electron chi connectivity index (χ0n) is 33.2. The number of ether oxygens (including phenoxy) is 2. The maximum absolute atomic E-state index is 12.5. The number of carbonyl (C=O) groups is 2. The Labute approximate surface area is 322 Å². The van der Waals surface area contributed by atoms with E-state index in [1.807, 2.05) is 12.2 Å². The highest BCUT2D eigenvalue weighted by molar-refractivity contribution is 7.47. The minimum absolute atomic E-state index is 0.0394. The summed E-state index contributed by atoms with van der Waals surface area (Å²) >= 11 is 0. The highest BCUT2D eigenvalue weighted by Crippen LogP contribution is 2.43. The van der Waals surface area contributed by atoms with Crippen LogP contribution in [0, 0.1) is 0 Å². The van der Waals surface area contributed by atoms with Crippen LogP contribution >= 0.6 is 7.82 Å². The lowest BCUT2D eigenvalue weighted by Crippen LogP contribution is -2.29. The first-order valence-electron chi connectivity index (χ1n) is 20.4. The topological polar surface area (TPSA) is 134 Å². The van der Waals surface area contributed by atoms with E-state index >= 15 is 0 Å². The van der Waals surface area contributed by atoms with Crippen molar-refractivity contribution in [2.24, 2.45) is 5.73 Å². The number of hydrogen-bond donors (Lipinski definition) is 2. The van der Waals surface area contributed by atoms with Gasteiger partial charge in [0, 0.05) is 19.4 Å². The van der Waals surface area contributed by atoms with Crippen molar-refractivity contribution in [3.63, 3.8) is 0 Å². The fraction of sp³-hybridized carbons (Fsp3) is 0.674. The van der Waals surface area contributed by atoms with Crippen LogP contribution in [0.25, 0.3) is 0 Å². The lowest BCUT2D eigenvalue weighted by Gasteiger charge is -2.19. The van der Waals surface area contributed by atoms with Crippen LogP contribution in [0.15, 0.2) is 72.9 Å². The molecule has 304 valence electrons. The fourth-order valence-corrected chi connectivity index (χ4v) is 5.89. The summed E-state index contributed by atoms with van der Waals surface area (Å²) in [7, 11) is -4.40. The summed E-state index contributed by atoms with van der Waals surface area (Å²) < 4.78 is 32.6. The maximum atomic E-state index is 12.5. The summed E-state index contributed by atoms with van der Waals surface area (Å²) in [6, 6.07) is 0. The third kappa shape index (κ3) is 39.0. The smallest absolute Gasteiger partial charge is 0.462 e. The average Bonchev–Trinajstić information content (AvgIpc) is 3.14.